The highest BCUT2D eigenvalue weighted by Gasteiger charge is 2.36. The van der Waals surface area contributed by atoms with E-state index in [-0.39, 0.29) is 15.8 Å². The molecule has 1 aliphatic heterocycles. The molecule has 2 N–H and O–H groups in total. The van der Waals surface area contributed by atoms with E-state index < -0.39 is 17.6 Å². The van der Waals surface area contributed by atoms with Crippen LogP contribution in [0.25, 0.3) is 10.2 Å². The van der Waals surface area contributed by atoms with Crippen molar-refractivity contribution in [3.63, 3.8) is 0 Å². The monoisotopic (exact) mass is 468 g/mol. The molecule has 1 saturated heterocycles. The number of amides is 1. The molecule has 172 valence electrons. The van der Waals surface area contributed by atoms with Crippen LogP contribution in [0.3, 0.4) is 0 Å². The first-order valence-corrected chi connectivity index (χ1v) is 10.9. The van der Waals surface area contributed by atoms with Gasteiger partial charge in [0.1, 0.15) is 10.6 Å². The molecule has 32 heavy (non-hydrogen) atoms. The van der Waals surface area contributed by atoms with Crippen LogP contribution in [0, 0.1) is 13.8 Å². The van der Waals surface area contributed by atoms with Crippen molar-refractivity contribution in [2.24, 2.45) is 0 Å². The van der Waals surface area contributed by atoms with Crippen molar-refractivity contribution in [1.82, 2.24) is 24.9 Å². The van der Waals surface area contributed by atoms with Crippen LogP contribution in [0.15, 0.2) is 12.3 Å². The Labute approximate surface area is 186 Å². The van der Waals surface area contributed by atoms with Gasteiger partial charge in [0, 0.05) is 39.4 Å². The predicted molar refractivity (Wildman–Crippen MR) is 114 cm³/mol. The van der Waals surface area contributed by atoms with Crippen LogP contribution in [-0.4, -0.2) is 63.9 Å². The number of thiophene rings is 1. The van der Waals surface area contributed by atoms with Crippen LogP contribution >= 0.6 is 11.3 Å². The minimum absolute atomic E-state index is 0.0377. The van der Waals surface area contributed by atoms with Crippen LogP contribution in [0.4, 0.5) is 18.2 Å². The quantitative estimate of drug-likeness (QED) is 0.573. The normalized spacial score (nSPS) is 15.5. The Hall–Kier alpha value is -2.86. The molecule has 0 atom stereocenters. The summed E-state index contributed by atoms with van der Waals surface area (Å²) in [6, 6.07) is 0.940. The maximum Gasteiger partial charge on any atom is 0.417 e. The van der Waals surface area contributed by atoms with Crippen LogP contribution in [-0.2, 0) is 12.7 Å². The number of carbonyl (C=O) groups is 1. The Balaban J connectivity index is 1.61. The summed E-state index contributed by atoms with van der Waals surface area (Å²) in [6.45, 7) is 6.30. The number of rotatable bonds is 4. The number of halogens is 3. The Bertz CT molecular complexity index is 1160. The summed E-state index contributed by atoms with van der Waals surface area (Å²) in [5.74, 6) is 0.0779. The molecule has 8 nitrogen and oxygen atoms in total. The molecule has 3 aromatic heterocycles. The molecule has 0 radical (unpaired) electrons. The van der Waals surface area contributed by atoms with Crippen LogP contribution < -0.4 is 10.2 Å². The fourth-order valence-electron chi connectivity index (χ4n) is 3.83. The van der Waals surface area contributed by atoms with Crippen LogP contribution in [0.2, 0.25) is 0 Å². The van der Waals surface area contributed by atoms with Gasteiger partial charge in [0.2, 0.25) is 0 Å². The number of hydrogen-bond donors (Lipinski definition) is 2. The summed E-state index contributed by atoms with van der Waals surface area (Å²) >= 11 is 0.948. The minimum atomic E-state index is -4.54. The van der Waals surface area contributed by atoms with E-state index in [2.05, 4.69) is 20.2 Å². The number of aromatic nitrogens is 3. The average Bonchev–Trinajstić information content (AvgIpc) is 3.26. The second kappa shape index (κ2) is 8.24. The number of aryl methyl sites for hydroxylation is 1. The lowest BCUT2D eigenvalue weighted by Gasteiger charge is -2.35. The topological polar surface area (TPSA) is 86.5 Å². The zero-order valence-corrected chi connectivity index (χ0v) is 18.6. The largest absolute Gasteiger partial charge is 0.427 e. The maximum atomic E-state index is 13.5. The van der Waals surface area contributed by atoms with Crippen molar-refractivity contribution in [1.29, 1.82) is 0 Å². The number of carbonyl (C=O) groups excluding carboxylic acids is 1. The SMILES string of the molecule is CNC(=O)c1c(N2CCN(Cc3nc(C)c(C)n3O)CC2)sc2c(C(F)(F)F)ccnc12. The molecular weight excluding hydrogens is 445 g/mol. The molecular formula is C20H23F3N6O2S. The molecule has 0 unspecified atom stereocenters. The number of imidazole rings is 1. The summed E-state index contributed by atoms with van der Waals surface area (Å²) in [6.07, 6.45) is -3.45. The number of nitrogens with one attached hydrogen (secondary N) is 1. The summed E-state index contributed by atoms with van der Waals surface area (Å²) in [4.78, 5) is 25.1. The smallest absolute Gasteiger partial charge is 0.417 e. The van der Waals surface area contributed by atoms with E-state index in [0.717, 1.165) is 34.0 Å². The number of alkyl halides is 3. The molecule has 0 spiro atoms. The van der Waals surface area contributed by atoms with E-state index in [1.54, 1.807) is 6.92 Å². The Morgan fingerprint density at radius 1 is 1.25 bits per heavy atom. The number of fused-ring (bicyclic) bond motifs is 1. The highest BCUT2D eigenvalue weighted by Crippen LogP contribution is 2.43. The Morgan fingerprint density at radius 3 is 2.50 bits per heavy atom. The van der Waals surface area contributed by atoms with Gasteiger partial charge < -0.3 is 15.4 Å². The Kier molecular flexibility index (Phi) is 5.76. The molecule has 1 aliphatic rings. The zero-order valence-electron chi connectivity index (χ0n) is 17.8. The van der Waals surface area contributed by atoms with Crippen molar-refractivity contribution in [2.45, 2.75) is 26.6 Å². The van der Waals surface area contributed by atoms with Gasteiger partial charge in [-0.05, 0) is 19.9 Å². The van der Waals surface area contributed by atoms with Crippen LogP contribution in [0.1, 0.15) is 33.1 Å². The number of pyridine rings is 1. The van der Waals surface area contributed by atoms with Gasteiger partial charge in [-0.1, -0.05) is 0 Å². The molecule has 3 aromatic rings. The molecule has 0 saturated carbocycles. The first-order valence-electron chi connectivity index (χ1n) is 10.0. The first kappa shape index (κ1) is 22.3. The third-order valence-electron chi connectivity index (χ3n) is 5.72. The third kappa shape index (κ3) is 3.88. The zero-order chi connectivity index (χ0) is 23.2. The van der Waals surface area contributed by atoms with E-state index in [1.807, 2.05) is 11.8 Å². The van der Waals surface area contributed by atoms with E-state index >= 15 is 0 Å². The van der Waals surface area contributed by atoms with Crippen molar-refractivity contribution in [3.05, 3.63) is 40.6 Å². The number of anilines is 1. The molecule has 0 aromatic carbocycles. The lowest BCUT2D eigenvalue weighted by Crippen LogP contribution is -2.46. The van der Waals surface area contributed by atoms with Gasteiger partial charge >= 0.3 is 6.18 Å². The summed E-state index contributed by atoms with van der Waals surface area (Å²) in [5, 5.41) is 13.2. The molecule has 0 bridgehead atoms. The van der Waals surface area contributed by atoms with E-state index in [4.69, 9.17) is 0 Å². The number of hydrogen-bond acceptors (Lipinski definition) is 7. The summed E-state index contributed by atoms with van der Waals surface area (Å²) < 4.78 is 41.7. The van der Waals surface area contributed by atoms with Gasteiger partial charge in [0.05, 0.1) is 33.7 Å². The van der Waals surface area contributed by atoms with Crippen molar-refractivity contribution >= 4 is 32.5 Å². The summed E-state index contributed by atoms with van der Waals surface area (Å²) in [5.41, 5.74) is 0.892. The first-order chi connectivity index (χ1) is 15.1. The second-order valence-electron chi connectivity index (χ2n) is 7.67. The average molecular weight is 469 g/mol. The highest BCUT2D eigenvalue weighted by atomic mass is 32.1. The number of nitrogens with zero attached hydrogens (tertiary/aromatic N) is 5. The minimum Gasteiger partial charge on any atom is -0.427 e. The molecule has 4 heterocycles. The van der Waals surface area contributed by atoms with Gasteiger partial charge in [-0.25, -0.2) is 4.98 Å². The fourth-order valence-corrected chi connectivity index (χ4v) is 5.18. The van der Waals surface area contributed by atoms with E-state index in [0.29, 0.717) is 49.2 Å². The van der Waals surface area contributed by atoms with Crippen molar-refractivity contribution in [2.75, 3.05) is 38.1 Å². The highest BCUT2D eigenvalue weighted by molar-refractivity contribution is 7.23. The van der Waals surface area contributed by atoms with Crippen LogP contribution in [0.5, 0.6) is 0 Å². The number of piperazine rings is 1. The van der Waals surface area contributed by atoms with E-state index in [9.17, 15) is 23.2 Å². The molecule has 1 fully saturated rings. The maximum absolute atomic E-state index is 13.5. The van der Waals surface area contributed by atoms with Gasteiger partial charge in [-0.2, -0.15) is 17.9 Å². The molecule has 12 heteroatoms. The lowest BCUT2D eigenvalue weighted by molar-refractivity contribution is -0.136. The van der Waals surface area contributed by atoms with E-state index in [1.165, 1.54) is 7.05 Å². The summed E-state index contributed by atoms with van der Waals surface area (Å²) in [7, 11) is 1.45. The van der Waals surface area contributed by atoms with Crippen molar-refractivity contribution in [3.8, 4) is 0 Å². The molecule has 0 aliphatic carbocycles. The fraction of sp³-hybridized carbons (Fsp3) is 0.450. The Morgan fingerprint density at radius 2 is 1.94 bits per heavy atom. The second-order valence-corrected chi connectivity index (χ2v) is 8.67. The predicted octanol–water partition coefficient (Wildman–Crippen LogP) is 3.05. The third-order valence-corrected chi connectivity index (χ3v) is 6.99. The molecule has 1 amide bonds. The molecule has 4 rings (SSSR count). The van der Waals surface area contributed by atoms with Gasteiger partial charge in [0.15, 0.2) is 5.82 Å². The lowest BCUT2D eigenvalue weighted by atomic mass is 10.1. The standard InChI is InChI=1S/C20H23F3N6O2S/c1-11-12(2)29(31)14(26-11)10-27-6-8-28(9-7-27)19-15(18(30)24-3)16-17(32-19)13(4-5-25-16)20(21,22)23/h4-5,31H,6-10H2,1-3H3,(H,24,30). The van der Waals surface area contributed by atoms with Gasteiger partial charge in [-0.15, -0.1) is 11.3 Å². The van der Waals surface area contributed by atoms with Crippen molar-refractivity contribution < 1.29 is 23.2 Å². The van der Waals surface area contributed by atoms with Gasteiger partial charge in [0.25, 0.3) is 5.91 Å². The van der Waals surface area contributed by atoms with Gasteiger partial charge in [-0.3, -0.25) is 14.7 Å².